The van der Waals surface area contributed by atoms with E-state index >= 15 is 0 Å². The molecule has 0 unspecified atom stereocenters. The highest BCUT2D eigenvalue weighted by Crippen LogP contribution is 2.21. The third-order valence-corrected chi connectivity index (χ3v) is 6.74. The summed E-state index contributed by atoms with van der Waals surface area (Å²) in [7, 11) is -2.14. The number of sulfonamides is 1. The highest BCUT2D eigenvalue weighted by molar-refractivity contribution is 7.89. The number of amides is 1. The van der Waals surface area contributed by atoms with Crippen molar-refractivity contribution in [1.29, 1.82) is 0 Å². The molecule has 34 heavy (non-hydrogen) atoms. The first-order chi connectivity index (χ1) is 16.4. The van der Waals surface area contributed by atoms with Crippen molar-refractivity contribution in [3.8, 4) is 17.2 Å². The lowest BCUT2D eigenvalue weighted by Crippen LogP contribution is -2.26. The van der Waals surface area contributed by atoms with Gasteiger partial charge in [-0.3, -0.25) is 4.79 Å². The predicted molar refractivity (Wildman–Crippen MR) is 125 cm³/mol. The summed E-state index contributed by atoms with van der Waals surface area (Å²) in [6, 6.07) is 22.2. The van der Waals surface area contributed by atoms with Crippen molar-refractivity contribution in [3.05, 3.63) is 90.8 Å². The molecule has 0 aliphatic heterocycles. The molecule has 0 aliphatic carbocycles. The Morgan fingerprint density at radius 2 is 1.71 bits per heavy atom. The molecule has 0 aliphatic rings. The lowest BCUT2D eigenvalue weighted by atomic mass is 10.2. The fourth-order valence-electron chi connectivity index (χ4n) is 3.15. The molecule has 1 heterocycles. The van der Waals surface area contributed by atoms with Crippen molar-refractivity contribution in [1.82, 2.24) is 14.5 Å². The Morgan fingerprint density at radius 3 is 2.35 bits per heavy atom. The smallest absolute Gasteiger partial charge is 0.262 e. The number of carbonyl (C=O) groups is 1. The molecule has 4 aromatic rings. The number of hydrogen-bond donors (Lipinski definition) is 1. The van der Waals surface area contributed by atoms with E-state index in [2.05, 4.69) is 15.5 Å². The predicted octanol–water partition coefficient (Wildman–Crippen LogP) is 3.57. The average molecular weight is 479 g/mol. The van der Waals surface area contributed by atoms with E-state index in [1.165, 1.54) is 29.9 Å². The van der Waals surface area contributed by atoms with Crippen LogP contribution in [0.4, 0.5) is 5.69 Å². The topological polar surface area (TPSA) is 115 Å². The van der Waals surface area contributed by atoms with Gasteiger partial charge in [-0.25, -0.2) is 8.42 Å². The van der Waals surface area contributed by atoms with Crippen molar-refractivity contribution in [3.63, 3.8) is 0 Å². The molecule has 10 heteroatoms. The summed E-state index contributed by atoms with van der Waals surface area (Å²) in [6.07, 6.45) is 1.25. The summed E-state index contributed by atoms with van der Waals surface area (Å²) in [6.45, 7) is 0.0503. The first-order valence-electron chi connectivity index (χ1n) is 10.3. The molecule has 0 atom stereocenters. The van der Waals surface area contributed by atoms with Gasteiger partial charge < -0.3 is 14.5 Å². The van der Waals surface area contributed by atoms with E-state index < -0.39 is 10.0 Å². The van der Waals surface area contributed by atoms with E-state index in [1.807, 2.05) is 30.3 Å². The van der Waals surface area contributed by atoms with Gasteiger partial charge in [0.1, 0.15) is 5.75 Å². The van der Waals surface area contributed by atoms with Gasteiger partial charge in [-0.2, -0.15) is 4.31 Å². The largest absolute Gasteiger partial charge is 0.484 e. The molecular formula is C24H22N4O5S. The van der Waals surface area contributed by atoms with Crippen LogP contribution >= 0.6 is 0 Å². The minimum Gasteiger partial charge on any atom is -0.484 e. The van der Waals surface area contributed by atoms with Gasteiger partial charge in [0.15, 0.2) is 6.61 Å². The molecule has 174 valence electrons. The van der Waals surface area contributed by atoms with Gasteiger partial charge in [-0.05, 0) is 54.1 Å². The normalized spacial score (nSPS) is 11.4. The second-order valence-electron chi connectivity index (χ2n) is 7.38. The Balaban J connectivity index is 1.31. The monoisotopic (exact) mass is 478 g/mol. The molecule has 9 nitrogen and oxygen atoms in total. The van der Waals surface area contributed by atoms with Crippen LogP contribution in [0.1, 0.15) is 5.56 Å². The van der Waals surface area contributed by atoms with Crippen molar-refractivity contribution in [2.45, 2.75) is 11.4 Å². The minimum absolute atomic E-state index is 0.140. The van der Waals surface area contributed by atoms with Crippen molar-refractivity contribution >= 4 is 21.6 Å². The van der Waals surface area contributed by atoms with Crippen LogP contribution in [-0.4, -0.2) is 42.5 Å². The minimum atomic E-state index is -3.67. The summed E-state index contributed by atoms with van der Waals surface area (Å²) >= 11 is 0. The second-order valence-corrected chi connectivity index (χ2v) is 9.42. The number of benzene rings is 3. The Kier molecular flexibility index (Phi) is 7.00. The Labute approximate surface area is 197 Å². The fourth-order valence-corrected chi connectivity index (χ4v) is 4.31. The molecule has 1 N–H and O–H groups in total. The van der Waals surface area contributed by atoms with E-state index in [0.29, 0.717) is 17.3 Å². The molecule has 1 amide bonds. The summed E-state index contributed by atoms with van der Waals surface area (Å²) in [5, 5.41) is 10.1. The highest BCUT2D eigenvalue weighted by atomic mass is 32.2. The number of nitrogens with zero attached hydrogens (tertiary/aromatic N) is 3. The van der Waals surface area contributed by atoms with E-state index in [4.69, 9.17) is 9.15 Å². The summed E-state index contributed by atoms with van der Waals surface area (Å²) in [4.78, 5) is 12.4. The Bertz CT molecular complexity index is 1320. The molecule has 3 aromatic carbocycles. The van der Waals surface area contributed by atoms with Crippen LogP contribution < -0.4 is 10.1 Å². The van der Waals surface area contributed by atoms with Gasteiger partial charge >= 0.3 is 0 Å². The maximum atomic E-state index is 12.8. The van der Waals surface area contributed by atoms with Crippen LogP contribution in [0, 0.1) is 0 Å². The number of ether oxygens (including phenoxy) is 1. The van der Waals surface area contributed by atoms with Gasteiger partial charge in [0.05, 0.1) is 4.90 Å². The number of rotatable bonds is 9. The second kappa shape index (κ2) is 10.3. The summed E-state index contributed by atoms with van der Waals surface area (Å²) in [5.74, 6) is 0.514. The first kappa shape index (κ1) is 23.1. The third-order valence-electron chi connectivity index (χ3n) is 4.93. The first-order valence-corrected chi connectivity index (χ1v) is 11.8. The average Bonchev–Trinajstić information content (AvgIpc) is 3.39. The van der Waals surface area contributed by atoms with Crippen molar-refractivity contribution < 1.29 is 22.4 Å². The van der Waals surface area contributed by atoms with Crippen LogP contribution in [0.25, 0.3) is 11.5 Å². The Morgan fingerprint density at radius 1 is 1.00 bits per heavy atom. The highest BCUT2D eigenvalue weighted by Gasteiger charge is 2.21. The molecule has 4 rings (SSSR count). The number of carbonyl (C=O) groups excluding carboxylic acids is 1. The number of nitrogens with one attached hydrogen (secondary N) is 1. The van der Waals surface area contributed by atoms with Crippen LogP contribution in [0.2, 0.25) is 0 Å². The molecule has 0 saturated carbocycles. The molecule has 0 fully saturated rings. The van der Waals surface area contributed by atoms with Crippen LogP contribution in [0.15, 0.2) is 94.6 Å². The fraction of sp³-hybridized carbons (Fsp3) is 0.125. The zero-order valence-electron chi connectivity index (χ0n) is 18.3. The quantitative estimate of drug-likeness (QED) is 0.391. The number of hydrogen-bond acceptors (Lipinski definition) is 7. The van der Waals surface area contributed by atoms with Crippen molar-refractivity contribution in [2.24, 2.45) is 0 Å². The van der Waals surface area contributed by atoms with E-state index in [-0.39, 0.29) is 24.0 Å². The maximum Gasteiger partial charge on any atom is 0.262 e. The van der Waals surface area contributed by atoms with Crippen LogP contribution in [-0.2, 0) is 21.4 Å². The third kappa shape index (κ3) is 5.66. The van der Waals surface area contributed by atoms with Crippen LogP contribution in [0.3, 0.4) is 0 Å². The molecule has 0 bridgehead atoms. The lowest BCUT2D eigenvalue weighted by Gasteiger charge is -2.17. The van der Waals surface area contributed by atoms with Crippen molar-refractivity contribution in [2.75, 3.05) is 19.0 Å². The number of aromatic nitrogens is 2. The van der Waals surface area contributed by atoms with E-state index in [9.17, 15) is 13.2 Å². The van der Waals surface area contributed by atoms with Crippen LogP contribution in [0.5, 0.6) is 5.75 Å². The molecule has 1 aromatic heterocycles. The zero-order valence-corrected chi connectivity index (χ0v) is 19.1. The van der Waals surface area contributed by atoms with Gasteiger partial charge in [0, 0.05) is 24.8 Å². The molecule has 0 spiro atoms. The Hall–Kier alpha value is -4.02. The summed E-state index contributed by atoms with van der Waals surface area (Å²) < 4.78 is 37.6. The number of anilines is 1. The van der Waals surface area contributed by atoms with Gasteiger partial charge in [-0.15, -0.1) is 10.2 Å². The standard InChI is InChI=1S/C24H22N4O5S/c1-28(15-18-5-3-2-4-6-18)34(30,31)22-13-9-20(10-14-22)26-23(29)16-32-21-11-7-19(8-12-21)24-27-25-17-33-24/h2-14,17H,15-16H2,1H3,(H,26,29). The lowest BCUT2D eigenvalue weighted by molar-refractivity contribution is -0.118. The van der Waals surface area contributed by atoms with E-state index in [1.54, 1.807) is 36.4 Å². The van der Waals surface area contributed by atoms with E-state index in [0.717, 1.165) is 11.1 Å². The van der Waals surface area contributed by atoms with Gasteiger partial charge in [-0.1, -0.05) is 30.3 Å². The molecular weight excluding hydrogens is 456 g/mol. The van der Waals surface area contributed by atoms with Gasteiger partial charge in [0.2, 0.25) is 22.3 Å². The van der Waals surface area contributed by atoms with Gasteiger partial charge in [0.25, 0.3) is 5.91 Å². The zero-order chi connectivity index (χ0) is 24.0. The molecule has 0 radical (unpaired) electrons. The SMILES string of the molecule is CN(Cc1ccccc1)S(=O)(=O)c1ccc(NC(=O)COc2ccc(-c3nnco3)cc2)cc1. The summed E-state index contributed by atoms with van der Waals surface area (Å²) in [5.41, 5.74) is 2.09. The maximum absolute atomic E-state index is 12.8. The molecule has 0 saturated heterocycles.